The summed E-state index contributed by atoms with van der Waals surface area (Å²) in [5.74, 6) is 1.42. The molecule has 0 radical (unpaired) electrons. The molecule has 5 nitrogen and oxygen atoms in total. The topological polar surface area (TPSA) is 53.8 Å². The molecular formula is C19H20N2O3S. The summed E-state index contributed by atoms with van der Waals surface area (Å²) in [5.41, 5.74) is 0. The van der Waals surface area contributed by atoms with E-state index in [2.05, 4.69) is 11.4 Å². The van der Waals surface area contributed by atoms with Gasteiger partial charge in [-0.15, -0.1) is 11.3 Å². The zero-order valence-electron chi connectivity index (χ0n) is 13.8. The Kier molecular flexibility index (Phi) is 4.44. The van der Waals surface area contributed by atoms with Crippen molar-refractivity contribution in [3.05, 3.63) is 52.6 Å². The first-order valence-corrected chi connectivity index (χ1v) is 9.43. The number of thiophene rings is 1. The molecule has 2 atom stereocenters. The Morgan fingerprint density at radius 1 is 1.12 bits per heavy atom. The van der Waals surface area contributed by atoms with E-state index in [1.54, 1.807) is 40.7 Å². The molecule has 0 spiro atoms. The van der Waals surface area contributed by atoms with Crippen LogP contribution in [-0.2, 0) is 9.59 Å². The van der Waals surface area contributed by atoms with E-state index in [0.29, 0.717) is 37.9 Å². The van der Waals surface area contributed by atoms with Crippen LogP contribution in [0.2, 0.25) is 0 Å². The van der Waals surface area contributed by atoms with Gasteiger partial charge in [-0.25, -0.2) is 0 Å². The number of piperazine rings is 1. The van der Waals surface area contributed by atoms with E-state index in [9.17, 15) is 9.59 Å². The number of carbonyl (C=O) groups is 2. The Hall–Kier alpha value is -2.34. The van der Waals surface area contributed by atoms with Crippen LogP contribution in [0.5, 0.6) is 0 Å². The molecule has 2 amide bonds. The van der Waals surface area contributed by atoms with Gasteiger partial charge >= 0.3 is 0 Å². The van der Waals surface area contributed by atoms with Gasteiger partial charge in [0.1, 0.15) is 5.76 Å². The Bertz CT molecular complexity index is 759. The largest absolute Gasteiger partial charge is 0.465 e. The minimum atomic E-state index is -0.0358. The number of rotatable bonds is 4. The smallest absolute Gasteiger partial charge is 0.246 e. The Morgan fingerprint density at radius 3 is 2.60 bits per heavy atom. The van der Waals surface area contributed by atoms with Gasteiger partial charge in [0.15, 0.2) is 0 Å². The molecule has 0 unspecified atom stereocenters. The van der Waals surface area contributed by atoms with Crippen LogP contribution in [0.25, 0.3) is 6.08 Å². The average Bonchev–Trinajstić information content (AvgIpc) is 3.06. The third-order valence-corrected chi connectivity index (χ3v) is 5.86. The van der Waals surface area contributed by atoms with Crippen molar-refractivity contribution in [2.24, 2.45) is 5.92 Å². The first-order valence-electron chi connectivity index (χ1n) is 8.55. The van der Waals surface area contributed by atoms with Gasteiger partial charge in [-0.05, 0) is 36.1 Å². The minimum Gasteiger partial charge on any atom is -0.465 e. The second kappa shape index (κ2) is 6.88. The number of hydrogen-bond acceptors (Lipinski definition) is 4. The SMILES string of the molecule is O=C(/C=C/c1ccco1)N1CCN(C(=O)[C@H]2C[C@@H]2c2cccs2)CC1. The van der Waals surface area contributed by atoms with Gasteiger partial charge in [-0.1, -0.05) is 6.07 Å². The van der Waals surface area contributed by atoms with E-state index in [-0.39, 0.29) is 17.7 Å². The number of carbonyl (C=O) groups excluding carboxylic acids is 2. The van der Waals surface area contributed by atoms with Crippen LogP contribution in [0.1, 0.15) is 23.0 Å². The van der Waals surface area contributed by atoms with Gasteiger partial charge in [0.25, 0.3) is 0 Å². The number of furan rings is 1. The summed E-state index contributed by atoms with van der Waals surface area (Å²) in [6.45, 7) is 2.41. The van der Waals surface area contributed by atoms with Crippen molar-refractivity contribution in [3.63, 3.8) is 0 Å². The van der Waals surface area contributed by atoms with Gasteiger partial charge in [-0.2, -0.15) is 0 Å². The second-order valence-electron chi connectivity index (χ2n) is 6.46. The van der Waals surface area contributed by atoms with Crippen molar-refractivity contribution >= 4 is 29.2 Å². The summed E-state index contributed by atoms with van der Waals surface area (Å²) in [6, 6.07) is 7.75. The first-order chi connectivity index (χ1) is 12.2. The molecule has 0 bridgehead atoms. The van der Waals surface area contributed by atoms with Crippen molar-refractivity contribution in [1.82, 2.24) is 9.80 Å². The summed E-state index contributed by atoms with van der Waals surface area (Å²) in [7, 11) is 0. The lowest BCUT2D eigenvalue weighted by Gasteiger charge is -2.34. The van der Waals surface area contributed by atoms with Crippen LogP contribution in [0, 0.1) is 5.92 Å². The Morgan fingerprint density at radius 2 is 1.92 bits per heavy atom. The van der Waals surface area contributed by atoms with Crippen LogP contribution < -0.4 is 0 Å². The van der Waals surface area contributed by atoms with E-state index in [4.69, 9.17) is 4.42 Å². The van der Waals surface area contributed by atoms with Crippen LogP contribution in [0.4, 0.5) is 0 Å². The average molecular weight is 356 g/mol. The normalized spacial score (nSPS) is 23.2. The fourth-order valence-electron chi connectivity index (χ4n) is 3.31. The standard InChI is InChI=1S/C19H20N2O3S/c22-18(6-5-14-3-1-11-24-14)20-7-9-21(10-8-20)19(23)16-13-15(16)17-4-2-12-25-17/h1-6,11-12,15-16H,7-10,13H2/b6-5+/t15-,16-/m0/s1. The third-order valence-electron chi connectivity index (χ3n) is 4.85. The fraction of sp³-hybridized carbons (Fsp3) is 0.368. The van der Waals surface area contributed by atoms with Crippen LogP contribution >= 0.6 is 11.3 Å². The van der Waals surface area contributed by atoms with Crippen molar-refractivity contribution < 1.29 is 14.0 Å². The number of hydrogen-bond donors (Lipinski definition) is 0. The van der Waals surface area contributed by atoms with Gasteiger partial charge in [-0.3, -0.25) is 9.59 Å². The maximum atomic E-state index is 12.6. The molecule has 25 heavy (non-hydrogen) atoms. The maximum absolute atomic E-state index is 12.6. The predicted molar refractivity (Wildman–Crippen MR) is 96.1 cm³/mol. The number of amides is 2. The van der Waals surface area contributed by atoms with Crippen molar-refractivity contribution in [2.75, 3.05) is 26.2 Å². The highest BCUT2D eigenvalue weighted by atomic mass is 32.1. The molecule has 2 fully saturated rings. The molecule has 1 saturated heterocycles. The molecule has 2 aromatic rings. The maximum Gasteiger partial charge on any atom is 0.246 e. The lowest BCUT2D eigenvalue weighted by Crippen LogP contribution is -2.50. The van der Waals surface area contributed by atoms with Crippen LogP contribution in [0.15, 0.2) is 46.4 Å². The summed E-state index contributed by atoms with van der Waals surface area (Å²) in [4.78, 5) is 29.9. The summed E-state index contributed by atoms with van der Waals surface area (Å²) < 4.78 is 5.18. The van der Waals surface area contributed by atoms with Crippen molar-refractivity contribution in [1.29, 1.82) is 0 Å². The molecule has 130 valence electrons. The predicted octanol–water partition coefficient (Wildman–Crippen LogP) is 2.83. The molecule has 0 N–H and O–H groups in total. The first kappa shape index (κ1) is 16.1. The van der Waals surface area contributed by atoms with Gasteiger partial charge in [0, 0.05) is 49.0 Å². The van der Waals surface area contributed by atoms with Crippen LogP contribution in [-0.4, -0.2) is 47.8 Å². The summed E-state index contributed by atoms with van der Waals surface area (Å²) in [6.07, 6.45) is 5.75. The molecule has 2 aliphatic rings. The highest BCUT2D eigenvalue weighted by molar-refractivity contribution is 7.10. The van der Waals surface area contributed by atoms with Gasteiger partial charge in [0.05, 0.1) is 6.26 Å². The van der Waals surface area contributed by atoms with Gasteiger partial charge < -0.3 is 14.2 Å². The quantitative estimate of drug-likeness (QED) is 0.792. The molecule has 0 aromatic carbocycles. The van der Waals surface area contributed by atoms with E-state index in [1.807, 2.05) is 11.0 Å². The zero-order valence-corrected chi connectivity index (χ0v) is 14.7. The minimum absolute atomic E-state index is 0.0358. The Balaban J connectivity index is 1.27. The van der Waals surface area contributed by atoms with Gasteiger partial charge in [0.2, 0.25) is 11.8 Å². The fourth-order valence-corrected chi connectivity index (χ4v) is 4.22. The molecule has 1 aliphatic heterocycles. The van der Waals surface area contributed by atoms with E-state index in [1.165, 1.54) is 11.0 Å². The highest BCUT2D eigenvalue weighted by Gasteiger charge is 2.46. The number of nitrogens with zero attached hydrogens (tertiary/aromatic N) is 2. The monoisotopic (exact) mass is 356 g/mol. The zero-order chi connectivity index (χ0) is 17.2. The molecule has 6 heteroatoms. The van der Waals surface area contributed by atoms with Crippen molar-refractivity contribution in [3.8, 4) is 0 Å². The van der Waals surface area contributed by atoms with E-state index in [0.717, 1.165) is 6.42 Å². The molecular weight excluding hydrogens is 336 g/mol. The molecule has 2 aromatic heterocycles. The van der Waals surface area contributed by atoms with E-state index >= 15 is 0 Å². The Labute approximate surface area is 150 Å². The third kappa shape index (κ3) is 3.54. The molecule has 1 saturated carbocycles. The highest BCUT2D eigenvalue weighted by Crippen LogP contribution is 2.50. The molecule has 4 rings (SSSR count). The van der Waals surface area contributed by atoms with Crippen molar-refractivity contribution in [2.45, 2.75) is 12.3 Å². The van der Waals surface area contributed by atoms with E-state index < -0.39 is 0 Å². The summed E-state index contributed by atoms with van der Waals surface area (Å²) in [5, 5.41) is 2.07. The lowest BCUT2D eigenvalue weighted by atomic mass is 10.2. The summed E-state index contributed by atoms with van der Waals surface area (Å²) >= 11 is 1.73. The van der Waals surface area contributed by atoms with Crippen LogP contribution in [0.3, 0.4) is 0 Å². The lowest BCUT2D eigenvalue weighted by molar-refractivity contribution is -0.138. The molecule has 1 aliphatic carbocycles. The second-order valence-corrected chi connectivity index (χ2v) is 7.44. The molecule has 3 heterocycles.